The fourth-order valence-electron chi connectivity index (χ4n) is 0.427. The number of unbranched alkanes of at least 4 members (excludes halogenated alkanes) is 3. The van der Waals surface area contributed by atoms with Crippen LogP contribution in [0.2, 0.25) is 0 Å². The summed E-state index contributed by atoms with van der Waals surface area (Å²) in [6.07, 6.45) is 5.07. The van der Waals surface area contributed by atoms with Gasteiger partial charge in [-0.3, -0.25) is 0 Å². The summed E-state index contributed by atoms with van der Waals surface area (Å²) in [5.74, 6) is 0. The fourth-order valence-corrected chi connectivity index (χ4v) is 0.427. The lowest BCUT2D eigenvalue weighted by atomic mass is 10.2. The van der Waals surface area contributed by atoms with Crippen molar-refractivity contribution < 1.29 is 0 Å². The van der Waals surface area contributed by atoms with Gasteiger partial charge in [-0.1, -0.05) is 39.5 Å². The minimum absolute atomic E-state index is 0.639. The summed E-state index contributed by atoms with van der Waals surface area (Å²) < 4.78 is 0. The summed E-state index contributed by atoms with van der Waals surface area (Å²) in [5, 5.41) is 0. The van der Waals surface area contributed by atoms with Crippen molar-refractivity contribution in [2.45, 2.75) is 32.6 Å². The first-order valence-electron chi connectivity index (χ1n) is 3.24. The number of halogens is 2. The lowest BCUT2D eigenvalue weighted by Gasteiger charge is -1.86. The molecule has 0 aromatic carbocycles. The third-order valence-corrected chi connectivity index (χ3v) is 0.854. The van der Waals surface area contributed by atoms with Gasteiger partial charge in [0.2, 0.25) is 0 Å². The van der Waals surface area contributed by atoms with Crippen LogP contribution < -0.4 is 0 Å². The molecule has 0 spiro atoms. The lowest BCUT2D eigenvalue weighted by molar-refractivity contribution is 0.728. The summed E-state index contributed by atoms with van der Waals surface area (Å²) in [6.45, 7) is 5.93. The van der Waals surface area contributed by atoms with E-state index in [-0.39, 0.29) is 0 Å². The summed E-state index contributed by atoms with van der Waals surface area (Å²) in [4.78, 5) is 0. The largest absolute Gasteiger partial charge is 0.618 e. The van der Waals surface area contributed by atoms with Crippen LogP contribution >= 0.6 is 18.1 Å². The van der Waals surface area contributed by atoms with Crippen molar-refractivity contribution >= 4 is 36.3 Å². The van der Waals surface area contributed by atoms with E-state index in [1.807, 2.05) is 0 Å². The van der Waals surface area contributed by atoms with Gasteiger partial charge >= 0.3 is 18.2 Å². The maximum absolute atomic E-state index is 4.90. The molecule has 0 aliphatic carbocycles. The van der Waals surface area contributed by atoms with Gasteiger partial charge in [0.15, 0.2) is 0 Å². The summed E-state index contributed by atoms with van der Waals surface area (Å²) >= 11 is -0.639. The highest BCUT2D eigenvalue weighted by atomic mass is 35.6. The normalized spacial score (nSPS) is 7.11. The first kappa shape index (κ1) is 13.0. The highest BCUT2D eigenvalue weighted by molar-refractivity contribution is 7.22. The molecule has 0 aromatic rings. The number of hydrogen-bond acceptors (Lipinski definition) is 0. The van der Waals surface area contributed by atoms with Gasteiger partial charge in [0.1, 0.15) is 0 Å². The molecule has 0 amide bonds. The van der Waals surface area contributed by atoms with E-state index < -0.39 is 18.2 Å². The Morgan fingerprint density at radius 2 is 1.78 bits per heavy atom. The Labute approximate surface area is 75.6 Å². The number of rotatable bonds is 3. The molecule has 0 aliphatic rings. The Morgan fingerprint density at radius 3 is 1.89 bits per heavy atom. The maximum Gasteiger partial charge on any atom is 0.618 e. The predicted molar refractivity (Wildman–Crippen MR) is 47.0 cm³/mol. The Morgan fingerprint density at radius 1 is 1.33 bits per heavy atom. The maximum atomic E-state index is 4.90. The van der Waals surface area contributed by atoms with Crippen LogP contribution in [-0.2, 0) is 0 Å². The standard InChI is InChI=1S/C6H13.2ClH.Mg/c1-3-5-6-4-2;;;/h1,3-6H2,2H3;2*1H;/q;;;+2/p-2. The zero-order valence-electron chi connectivity index (χ0n) is 6.00. The van der Waals surface area contributed by atoms with Crippen molar-refractivity contribution in [3.8, 4) is 0 Å². The van der Waals surface area contributed by atoms with Crippen LogP contribution in [0, 0.1) is 6.92 Å². The first-order valence-corrected chi connectivity index (χ1v) is 7.52. The van der Waals surface area contributed by atoms with Gasteiger partial charge in [0.05, 0.1) is 0 Å². The van der Waals surface area contributed by atoms with Gasteiger partial charge in [0.25, 0.3) is 0 Å². The van der Waals surface area contributed by atoms with E-state index in [2.05, 4.69) is 13.8 Å². The topological polar surface area (TPSA) is 0 Å². The molecule has 0 aromatic heterocycles. The van der Waals surface area contributed by atoms with Crippen molar-refractivity contribution in [2.75, 3.05) is 0 Å². The molecule has 0 fully saturated rings. The Kier molecular flexibility index (Phi) is 23.3. The second-order valence-corrected chi connectivity index (χ2v) is 4.29. The minimum Gasteiger partial charge on any atom is -0.309 e. The SMILES string of the molecule is [CH2]CCCCC.[Cl][Mg][Cl]. The van der Waals surface area contributed by atoms with E-state index in [1.165, 1.54) is 19.3 Å². The average molecular weight is 180 g/mol. The van der Waals surface area contributed by atoms with Gasteiger partial charge in [-0.2, -0.15) is 0 Å². The Hall–Kier alpha value is 1.35. The fraction of sp³-hybridized carbons (Fsp3) is 0.833. The lowest BCUT2D eigenvalue weighted by Crippen LogP contribution is -1.66. The molecule has 0 saturated heterocycles. The summed E-state index contributed by atoms with van der Waals surface area (Å²) in [7, 11) is 9.81. The van der Waals surface area contributed by atoms with Crippen LogP contribution in [0.3, 0.4) is 0 Å². The van der Waals surface area contributed by atoms with Crippen molar-refractivity contribution in [2.24, 2.45) is 0 Å². The molecule has 0 N–H and O–H groups in total. The van der Waals surface area contributed by atoms with Crippen LogP contribution in [0.1, 0.15) is 32.6 Å². The van der Waals surface area contributed by atoms with E-state index in [0.29, 0.717) is 0 Å². The predicted octanol–water partition coefficient (Wildman–Crippen LogP) is 3.40. The van der Waals surface area contributed by atoms with E-state index in [1.54, 1.807) is 0 Å². The molecule has 0 saturated carbocycles. The van der Waals surface area contributed by atoms with E-state index in [0.717, 1.165) is 6.42 Å². The third kappa shape index (κ3) is 26.7. The van der Waals surface area contributed by atoms with Gasteiger partial charge in [0, 0.05) is 0 Å². The summed E-state index contributed by atoms with van der Waals surface area (Å²) in [5.41, 5.74) is 0. The molecule has 9 heavy (non-hydrogen) atoms. The molecule has 0 heterocycles. The third-order valence-electron chi connectivity index (χ3n) is 0.854. The molecule has 53 valence electrons. The smallest absolute Gasteiger partial charge is 0.309 e. The molecule has 0 rings (SSSR count). The molecule has 0 bridgehead atoms. The van der Waals surface area contributed by atoms with Crippen LogP contribution in [0.15, 0.2) is 0 Å². The van der Waals surface area contributed by atoms with Gasteiger partial charge in [-0.15, -0.1) is 0 Å². The van der Waals surface area contributed by atoms with E-state index in [9.17, 15) is 0 Å². The van der Waals surface area contributed by atoms with Crippen molar-refractivity contribution in [1.29, 1.82) is 0 Å². The van der Waals surface area contributed by atoms with Crippen LogP contribution in [-0.4, -0.2) is 18.2 Å². The molecule has 0 aliphatic heterocycles. The second kappa shape index (κ2) is 16.2. The monoisotopic (exact) mass is 179 g/mol. The van der Waals surface area contributed by atoms with Gasteiger partial charge in [-0.05, 0) is 0 Å². The molecule has 0 unspecified atom stereocenters. The highest BCUT2D eigenvalue weighted by Gasteiger charge is 1.75. The van der Waals surface area contributed by atoms with Crippen LogP contribution in [0.4, 0.5) is 0 Å². The molecule has 1 radical (unpaired) electrons. The van der Waals surface area contributed by atoms with E-state index >= 15 is 0 Å². The average Bonchev–Trinajstić information content (AvgIpc) is 1.86. The van der Waals surface area contributed by atoms with Crippen molar-refractivity contribution in [3.05, 3.63) is 6.92 Å². The first-order chi connectivity index (χ1) is 4.33. The van der Waals surface area contributed by atoms with Gasteiger partial charge in [-0.25, -0.2) is 0 Å². The molecule has 0 nitrogen and oxygen atoms in total. The van der Waals surface area contributed by atoms with Crippen molar-refractivity contribution in [1.82, 2.24) is 0 Å². The summed E-state index contributed by atoms with van der Waals surface area (Å²) in [6, 6.07) is 0. The zero-order chi connectivity index (χ0) is 7.54. The Bertz CT molecular complexity index is 30.2. The molecule has 3 heteroatoms. The van der Waals surface area contributed by atoms with Gasteiger partial charge < -0.3 is 18.1 Å². The second-order valence-electron chi connectivity index (χ2n) is 1.66. The van der Waals surface area contributed by atoms with E-state index in [4.69, 9.17) is 18.1 Å². The minimum atomic E-state index is -0.639. The zero-order valence-corrected chi connectivity index (χ0v) is 8.92. The van der Waals surface area contributed by atoms with Crippen LogP contribution in [0.25, 0.3) is 0 Å². The molecular weight excluding hydrogens is 167 g/mol. The quantitative estimate of drug-likeness (QED) is 0.461. The molecular formula is C6H13Cl2Mg. The Balaban J connectivity index is 0. The van der Waals surface area contributed by atoms with Crippen LogP contribution in [0.5, 0.6) is 0 Å². The van der Waals surface area contributed by atoms with Crippen molar-refractivity contribution in [3.63, 3.8) is 0 Å². The molecule has 0 atom stereocenters. The highest BCUT2D eigenvalue weighted by Crippen LogP contribution is 1.95. The number of hydrogen-bond donors (Lipinski definition) is 0.